The number of rotatable bonds is 8. The van der Waals surface area contributed by atoms with Crippen LogP contribution < -0.4 is 10.6 Å². The van der Waals surface area contributed by atoms with Gasteiger partial charge in [-0.3, -0.25) is 4.79 Å². The van der Waals surface area contributed by atoms with Crippen LogP contribution in [-0.4, -0.2) is 36.1 Å². The molecule has 5 heteroatoms. The largest absolute Gasteiger partial charge is 0.478 e. The highest BCUT2D eigenvalue weighted by Gasteiger charge is 2.11. The summed E-state index contributed by atoms with van der Waals surface area (Å²) in [5.41, 5.74) is 0.359. The van der Waals surface area contributed by atoms with Gasteiger partial charge in [0, 0.05) is 18.7 Å². The van der Waals surface area contributed by atoms with Crippen LogP contribution in [0.25, 0.3) is 0 Å². The van der Waals surface area contributed by atoms with Crippen molar-refractivity contribution in [2.75, 3.05) is 13.1 Å². The van der Waals surface area contributed by atoms with Crippen LogP contribution in [0.3, 0.4) is 0 Å². The highest BCUT2D eigenvalue weighted by molar-refractivity contribution is 5.86. The first-order chi connectivity index (χ1) is 8.38. The third-order valence-electron chi connectivity index (χ3n) is 2.51. The maximum absolute atomic E-state index is 11.6. The van der Waals surface area contributed by atoms with Crippen molar-refractivity contribution < 1.29 is 14.7 Å². The minimum absolute atomic E-state index is 0.0644. The van der Waals surface area contributed by atoms with Gasteiger partial charge in [-0.1, -0.05) is 26.8 Å². The van der Waals surface area contributed by atoms with Crippen LogP contribution in [-0.2, 0) is 9.59 Å². The maximum atomic E-state index is 11.6. The fourth-order valence-electron chi connectivity index (χ4n) is 1.29. The van der Waals surface area contributed by atoms with Crippen molar-refractivity contribution in [1.82, 2.24) is 10.6 Å². The molecular formula is C13H24N2O3. The van der Waals surface area contributed by atoms with E-state index in [4.69, 9.17) is 5.11 Å². The number of amides is 1. The third kappa shape index (κ3) is 7.06. The summed E-state index contributed by atoms with van der Waals surface area (Å²) in [6.07, 6.45) is 2.08. The molecular weight excluding hydrogens is 232 g/mol. The van der Waals surface area contributed by atoms with Gasteiger partial charge in [0.15, 0.2) is 0 Å². The quantitative estimate of drug-likeness (QED) is 0.569. The van der Waals surface area contributed by atoms with E-state index in [0.717, 1.165) is 0 Å². The molecule has 0 saturated carbocycles. The summed E-state index contributed by atoms with van der Waals surface area (Å²) in [5, 5.41) is 14.6. The molecule has 5 nitrogen and oxygen atoms in total. The van der Waals surface area contributed by atoms with Crippen LogP contribution in [0.1, 0.15) is 34.1 Å². The zero-order chi connectivity index (χ0) is 14.1. The molecule has 0 spiro atoms. The number of hydrogen-bond acceptors (Lipinski definition) is 3. The van der Waals surface area contributed by atoms with Gasteiger partial charge in [-0.15, -0.1) is 0 Å². The van der Waals surface area contributed by atoms with Crippen LogP contribution in [0.15, 0.2) is 11.6 Å². The highest BCUT2D eigenvalue weighted by Crippen LogP contribution is 1.99. The number of hydrogen-bond donors (Lipinski definition) is 3. The van der Waals surface area contributed by atoms with E-state index in [1.165, 1.54) is 0 Å². The number of carboxylic acid groups (broad SMARTS) is 1. The lowest BCUT2D eigenvalue weighted by molar-refractivity contribution is -0.132. The number of carboxylic acids is 1. The van der Waals surface area contributed by atoms with E-state index in [9.17, 15) is 9.59 Å². The van der Waals surface area contributed by atoms with Gasteiger partial charge in [-0.25, -0.2) is 4.79 Å². The normalized spacial score (nSPS) is 13.5. The summed E-state index contributed by atoms with van der Waals surface area (Å²) < 4.78 is 0. The smallest absolute Gasteiger partial charge is 0.331 e. The van der Waals surface area contributed by atoms with Crippen LogP contribution >= 0.6 is 0 Å². The van der Waals surface area contributed by atoms with E-state index >= 15 is 0 Å². The van der Waals surface area contributed by atoms with Crippen molar-refractivity contribution in [3.8, 4) is 0 Å². The van der Waals surface area contributed by atoms with Crippen molar-refractivity contribution in [3.05, 3.63) is 11.6 Å². The molecule has 3 N–H and O–H groups in total. The van der Waals surface area contributed by atoms with E-state index in [0.29, 0.717) is 31.0 Å². The molecule has 18 heavy (non-hydrogen) atoms. The minimum Gasteiger partial charge on any atom is -0.478 e. The summed E-state index contributed by atoms with van der Waals surface area (Å²) in [6, 6.07) is -0.327. The Bertz CT molecular complexity index is 311. The lowest BCUT2D eigenvalue weighted by Crippen LogP contribution is -2.43. The van der Waals surface area contributed by atoms with E-state index in [1.54, 1.807) is 19.9 Å². The molecule has 0 aromatic carbocycles. The van der Waals surface area contributed by atoms with Crippen LogP contribution in [0.4, 0.5) is 0 Å². The molecule has 0 radical (unpaired) electrons. The molecule has 0 rings (SSSR count). The Balaban J connectivity index is 4.06. The van der Waals surface area contributed by atoms with Crippen LogP contribution in [0.2, 0.25) is 0 Å². The molecule has 1 atom stereocenters. The molecule has 0 saturated heterocycles. The van der Waals surface area contributed by atoms with Crippen molar-refractivity contribution in [1.29, 1.82) is 0 Å². The van der Waals surface area contributed by atoms with Gasteiger partial charge < -0.3 is 15.7 Å². The zero-order valence-electron chi connectivity index (χ0n) is 11.6. The topological polar surface area (TPSA) is 78.4 Å². The Morgan fingerprint density at radius 1 is 1.28 bits per heavy atom. The number of carbonyl (C=O) groups is 2. The van der Waals surface area contributed by atoms with Crippen LogP contribution in [0.5, 0.6) is 0 Å². The van der Waals surface area contributed by atoms with Crippen molar-refractivity contribution >= 4 is 11.9 Å². The molecule has 0 heterocycles. The van der Waals surface area contributed by atoms with Gasteiger partial charge in [0.1, 0.15) is 0 Å². The van der Waals surface area contributed by atoms with Crippen molar-refractivity contribution in [3.63, 3.8) is 0 Å². The second kappa shape index (κ2) is 8.69. The highest BCUT2D eigenvalue weighted by atomic mass is 16.4. The SMILES string of the molecule is CCC(=CCNC(C)C(=O)NCC(C)C)C(=O)O. The Labute approximate surface area is 109 Å². The molecule has 0 aliphatic carbocycles. The molecule has 0 fully saturated rings. The second-order valence-corrected chi connectivity index (χ2v) is 4.66. The molecule has 0 aromatic heterocycles. The number of aliphatic carboxylic acids is 1. The molecule has 0 aliphatic heterocycles. The predicted octanol–water partition coefficient (Wildman–Crippen LogP) is 1.16. The van der Waals surface area contributed by atoms with E-state index in [2.05, 4.69) is 10.6 Å². The zero-order valence-corrected chi connectivity index (χ0v) is 11.6. The summed E-state index contributed by atoms with van der Waals surface area (Å²) in [4.78, 5) is 22.4. The average molecular weight is 256 g/mol. The van der Waals surface area contributed by atoms with Gasteiger partial charge >= 0.3 is 5.97 Å². The first kappa shape index (κ1) is 16.6. The first-order valence-corrected chi connectivity index (χ1v) is 6.31. The van der Waals surface area contributed by atoms with E-state index in [1.807, 2.05) is 13.8 Å². The Morgan fingerprint density at radius 2 is 1.89 bits per heavy atom. The fourth-order valence-corrected chi connectivity index (χ4v) is 1.29. The molecule has 1 amide bonds. The molecule has 0 bridgehead atoms. The molecule has 1 unspecified atom stereocenters. The Kier molecular flexibility index (Phi) is 8.03. The Morgan fingerprint density at radius 3 is 2.33 bits per heavy atom. The van der Waals surface area contributed by atoms with Gasteiger partial charge in [-0.2, -0.15) is 0 Å². The molecule has 104 valence electrons. The maximum Gasteiger partial charge on any atom is 0.331 e. The second-order valence-electron chi connectivity index (χ2n) is 4.66. The standard InChI is InChI=1S/C13H24N2O3/c1-5-11(13(17)18)6-7-14-10(4)12(16)15-8-9(2)3/h6,9-10,14H,5,7-8H2,1-4H3,(H,15,16)(H,17,18). The van der Waals surface area contributed by atoms with Gasteiger partial charge in [-0.05, 0) is 19.3 Å². The number of nitrogens with one attached hydrogen (secondary N) is 2. The first-order valence-electron chi connectivity index (χ1n) is 6.31. The molecule has 0 aliphatic rings. The summed E-state index contributed by atoms with van der Waals surface area (Å²) in [7, 11) is 0. The molecule has 0 aromatic rings. The van der Waals surface area contributed by atoms with Gasteiger partial charge in [0.05, 0.1) is 6.04 Å². The summed E-state index contributed by atoms with van der Waals surface area (Å²) in [5.74, 6) is -0.554. The van der Waals surface area contributed by atoms with Crippen LogP contribution in [0, 0.1) is 5.92 Å². The predicted molar refractivity (Wildman–Crippen MR) is 71.3 cm³/mol. The number of carbonyl (C=O) groups excluding carboxylic acids is 1. The van der Waals surface area contributed by atoms with E-state index in [-0.39, 0.29) is 11.9 Å². The van der Waals surface area contributed by atoms with Crippen molar-refractivity contribution in [2.24, 2.45) is 5.92 Å². The van der Waals surface area contributed by atoms with E-state index < -0.39 is 5.97 Å². The average Bonchev–Trinajstić information content (AvgIpc) is 2.30. The summed E-state index contributed by atoms with van der Waals surface area (Å²) in [6.45, 7) is 8.64. The minimum atomic E-state index is -0.906. The van der Waals surface area contributed by atoms with Crippen molar-refractivity contribution in [2.45, 2.75) is 40.2 Å². The van der Waals surface area contributed by atoms with Gasteiger partial charge in [0.25, 0.3) is 0 Å². The monoisotopic (exact) mass is 256 g/mol. The summed E-state index contributed by atoms with van der Waals surface area (Å²) >= 11 is 0. The third-order valence-corrected chi connectivity index (χ3v) is 2.51. The Hall–Kier alpha value is -1.36. The fraction of sp³-hybridized carbons (Fsp3) is 0.692. The lowest BCUT2D eigenvalue weighted by atomic mass is 10.2. The lowest BCUT2D eigenvalue weighted by Gasteiger charge is -2.14. The van der Waals surface area contributed by atoms with Gasteiger partial charge in [0.2, 0.25) is 5.91 Å².